The lowest BCUT2D eigenvalue weighted by Crippen LogP contribution is -2.38. The number of hydrogen-bond acceptors (Lipinski definition) is 6. The molecule has 0 aliphatic carbocycles. The number of nitrogens with zero attached hydrogens (tertiary/aromatic N) is 1. The summed E-state index contributed by atoms with van der Waals surface area (Å²) >= 11 is 1.60. The molecule has 29 heavy (non-hydrogen) atoms. The summed E-state index contributed by atoms with van der Waals surface area (Å²) in [5.41, 5.74) is 0. The molecule has 9 heteroatoms. The Kier molecular flexibility index (Phi) is 14.6. The zero-order valence-corrected chi connectivity index (χ0v) is 19.7. The Balaban J connectivity index is 3.65. The number of thioether (sulfide) groups is 1. The molecule has 2 amide bonds. The maximum absolute atomic E-state index is 11.9. The maximum Gasteiger partial charge on any atom is 0.314 e. The van der Waals surface area contributed by atoms with Gasteiger partial charge in [-0.05, 0) is 6.42 Å². The summed E-state index contributed by atoms with van der Waals surface area (Å²) in [6, 6.07) is -0.296. The summed E-state index contributed by atoms with van der Waals surface area (Å²) < 4.78 is 11.2. The predicted molar refractivity (Wildman–Crippen MR) is 117 cm³/mol. The number of carbonyl (C=O) groups excluding carboxylic acids is 3. The zero-order valence-electron chi connectivity index (χ0n) is 18.9. The van der Waals surface area contributed by atoms with Crippen LogP contribution in [0.4, 0.5) is 4.79 Å². The monoisotopic (exact) mass is 434 g/mol. The number of amides is 2. The highest BCUT2D eigenvalue weighted by molar-refractivity contribution is 7.99. The molecule has 170 valence electrons. The molecule has 0 saturated heterocycles. The molecule has 0 aromatic heterocycles. The van der Waals surface area contributed by atoms with Crippen molar-refractivity contribution in [3.8, 4) is 0 Å². The van der Waals surface area contributed by atoms with Crippen LogP contribution < -0.4 is 10.6 Å². The van der Waals surface area contributed by atoms with E-state index in [0.29, 0.717) is 24.7 Å². The SMILES string of the molecule is CCC(C)C(=O)OCCNC(=O)NCCSCC(C)C(=O)OCCC[N+](C)(C)C. The molecule has 0 saturated carbocycles. The van der Waals surface area contributed by atoms with E-state index in [1.807, 2.05) is 20.8 Å². The number of nitrogens with one attached hydrogen (secondary N) is 2. The molecule has 0 radical (unpaired) electrons. The Morgan fingerprint density at radius 2 is 1.52 bits per heavy atom. The van der Waals surface area contributed by atoms with Crippen molar-refractivity contribution in [3.63, 3.8) is 0 Å². The van der Waals surface area contributed by atoms with Gasteiger partial charge in [0.25, 0.3) is 0 Å². The first kappa shape index (κ1) is 27.5. The summed E-state index contributed by atoms with van der Waals surface area (Å²) in [6.07, 6.45) is 1.59. The van der Waals surface area contributed by atoms with Gasteiger partial charge in [-0.1, -0.05) is 20.8 Å². The Morgan fingerprint density at radius 3 is 2.14 bits per heavy atom. The number of urea groups is 1. The number of ether oxygens (including phenoxy) is 2. The van der Waals surface area contributed by atoms with Gasteiger partial charge in [-0.3, -0.25) is 9.59 Å². The van der Waals surface area contributed by atoms with Crippen molar-refractivity contribution in [2.24, 2.45) is 11.8 Å². The second kappa shape index (κ2) is 15.4. The molecule has 8 nitrogen and oxygen atoms in total. The molecular formula is C20H40N3O5S+. The van der Waals surface area contributed by atoms with Gasteiger partial charge >= 0.3 is 18.0 Å². The third-order valence-electron chi connectivity index (χ3n) is 4.17. The van der Waals surface area contributed by atoms with Gasteiger partial charge in [0.1, 0.15) is 6.61 Å². The van der Waals surface area contributed by atoms with Crippen molar-refractivity contribution in [1.82, 2.24) is 10.6 Å². The molecule has 0 fully saturated rings. The summed E-state index contributed by atoms with van der Waals surface area (Å²) in [7, 11) is 6.33. The predicted octanol–water partition coefficient (Wildman–Crippen LogP) is 1.88. The van der Waals surface area contributed by atoms with Crippen LogP contribution in [0.5, 0.6) is 0 Å². The Morgan fingerprint density at radius 1 is 0.931 bits per heavy atom. The highest BCUT2D eigenvalue weighted by atomic mass is 32.2. The van der Waals surface area contributed by atoms with Crippen LogP contribution in [0, 0.1) is 11.8 Å². The average Bonchev–Trinajstić information content (AvgIpc) is 2.66. The topological polar surface area (TPSA) is 93.7 Å². The largest absolute Gasteiger partial charge is 0.465 e. The maximum atomic E-state index is 11.9. The van der Waals surface area contributed by atoms with Crippen LogP contribution in [0.25, 0.3) is 0 Å². The Bertz CT molecular complexity index is 497. The van der Waals surface area contributed by atoms with Gasteiger partial charge in [0.2, 0.25) is 0 Å². The molecule has 0 spiro atoms. The van der Waals surface area contributed by atoms with Gasteiger partial charge in [-0.25, -0.2) is 4.79 Å². The number of hydrogen-bond donors (Lipinski definition) is 2. The van der Waals surface area contributed by atoms with E-state index in [4.69, 9.17) is 9.47 Å². The minimum atomic E-state index is -0.296. The fraction of sp³-hybridized carbons (Fsp3) is 0.850. The van der Waals surface area contributed by atoms with Crippen molar-refractivity contribution >= 4 is 29.7 Å². The van der Waals surface area contributed by atoms with E-state index in [2.05, 4.69) is 31.8 Å². The summed E-state index contributed by atoms with van der Waals surface area (Å²) in [6.45, 7) is 7.95. The molecule has 2 N–H and O–H groups in total. The highest BCUT2D eigenvalue weighted by Gasteiger charge is 2.15. The Hall–Kier alpha value is -1.48. The molecule has 0 aromatic rings. The van der Waals surface area contributed by atoms with Crippen LogP contribution >= 0.6 is 11.8 Å². The first-order chi connectivity index (χ1) is 13.6. The number of esters is 2. The minimum absolute atomic E-state index is 0.122. The number of quaternary nitrogens is 1. The van der Waals surface area contributed by atoms with Gasteiger partial charge in [-0.2, -0.15) is 11.8 Å². The van der Waals surface area contributed by atoms with Gasteiger partial charge in [0.15, 0.2) is 0 Å². The second-order valence-corrected chi connectivity index (χ2v) is 9.32. The molecule has 0 bridgehead atoms. The molecule has 0 rings (SSSR count). The van der Waals surface area contributed by atoms with E-state index >= 15 is 0 Å². The lowest BCUT2D eigenvalue weighted by molar-refractivity contribution is -0.870. The molecule has 0 heterocycles. The van der Waals surface area contributed by atoms with Crippen LogP contribution in [-0.2, 0) is 19.1 Å². The smallest absolute Gasteiger partial charge is 0.314 e. The number of rotatable bonds is 15. The van der Waals surface area contributed by atoms with Crippen LogP contribution in [0.1, 0.15) is 33.6 Å². The van der Waals surface area contributed by atoms with Crippen molar-refractivity contribution in [2.45, 2.75) is 33.6 Å². The van der Waals surface area contributed by atoms with Crippen molar-refractivity contribution in [1.29, 1.82) is 0 Å². The van der Waals surface area contributed by atoms with Gasteiger partial charge in [0, 0.05) is 24.5 Å². The molecule has 2 atom stereocenters. The van der Waals surface area contributed by atoms with Crippen LogP contribution in [0.3, 0.4) is 0 Å². The van der Waals surface area contributed by atoms with E-state index in [9.17, 15) is 14.4 Å². The lowest BCUT2D eigenvalue weighted by atomic mass is 10.1. The Labute approximate surface area is 180 Å². The average molecular weight is 435 g/mol. The third kappa shape index (κ3) is 16.0. The van der Waals surface area contributed by atoms with E-state index in [1.54, 1.807) is 11.8 Å². The van der Waals surface area contributed by atoms with Crippen LogP contribution in [0.2, 0.25) is 0 Å². The van der Waals surface area contributed by atoms with Crippen LogP contribution in [0.15, 0.2) is 0 Å². The fourth-order valence-corrected chi connectivity index (χ4v) is 3.01. The quantitative estimate of drug-likeness (QED) is 0.232. The van der Waals surface area contributed by atoms with Gasteiger partial charge in [0.05, 0.1) is 52.7 Å². The molecular weight excluding hydrogens is 394 g/mol. The summed E-state index contributed by atoms with van der Waals surface area (Å²) in [5.74, 6) is 0.656. The minimum Gasteiger partial charge on any atom is -0.465 e. The van der Waals surface area contributed by atoms with Crippen molar-refractivity contribution in [3.05, 3.63) is 0 Å². The summed E-state index contributed by atoms with van der Waals surface area (Å²) in [4.78, 5) is 35.1. The normalized spacial score (nSPS) is 13.3. The van der Waals surface area contributed by atoms with Crippen molar-refractivity contribution < 1.29 is 28.3 Å². The van der Waals surface area contributed by atoms with Crippen molar-refractivity contribution in [2.75, 3.05) is 65.5 Å². The van der Waals surface area contributed by atoms with E-state index in [0.717, 1.165) is 23.9 Å². The molecule has 0 aliphatic heterocycles. The van der Waals surface area contributed by atoms with E-state index in [1.165, 1.54) is 0 Å². The molecule has 0 aliphatic rings. The fourth-order valence-electron chi connectivity index (χ4n) is 2.11. The lowest BCUT2D eigenvalue weighted by Gasteiger charge is -2.23. The zero-order chi connectivity index (χ0) is 22.3. The van der Waals surface area contributed by atoms with Gasteiger partial charge in [-0.15, -0.1) is 0 Å². The van der Waals surface area contributed by atoms with Gasteiger partial charge < -0.3 is 24.6 Å². The van der Waals surface area contributed by atoms with E-state index < -0.39 is 0 Å². The second-order valence-electron chi connectivity index (χ2n) is 8.17. The molecule has 2 unspecified atom stereocenters. The number of carbonyl (C=O) groups is 3. The highest BCUT2D eigenvalue weighted by Crippen LogP contribution is 2.10. The van der Waals surface area contributed by atoms with Crippen LogP contribution in [-0.4, -0.2) is 87.9 Å². The van der Waals surface area contributed by atoms with E-state index in [-0.39, 0.29) is 43.0 Å². The first-order valence-corrected chi connectivity index (χ1v) is 11.5. The third-order valence-corrected chi connectivity index (χ3v) is 5.39. The first-order valence-electron chi connectivity index (χ1n) is 10.3. The standard InChI is InChI=1S/C20H39N3O5S/c1-7-16(2)18(24)28-13-9-21-20(26)22-10-14-29-15-17(3)19(25)27-12-8-11-23(4,5)6/h16-17H,7-15H2,1-6H3,(H-,21,22,26)/p+1. The molecule has 0 aromatic carbocycles. The summed E-state index contributed by atoms with van der Waals surface area (Å²) in [5, 5.41) is 5.37.